The summed E-state index contributed by atoms with van der Waals surface area (Å²) in [6.45, 7) is 2.02. The molecule has 5 heteroatoms. The van der Waals surface area contributed by atoms with Crippen molar-refractivity contribution in [1.29, 1.82) is 0 Å². The summed E-state index contributed by atoms with van der Waals surface area (Å²) in [7, 11) is 0. The van der Waals surface area contributed by atoms with Crippen molar-refractivity contribution < 1.29 is 14.0 Å². The highest BCUT2D eigenvalue weighted by atomic mass is 19.1. The lowest BCUT2D eigenvalue weighted by Gasteiger charge is -2.06. The van der Waals surface area contributed by atoms with E-state index in [-0.39, 0.29) is 24.2 Å². The van der Waals surface area contributed by atoms with E-state index in [0.29, 0.717) is 24.9 Å². The van der Waals surface area contributed by atoms with Crippen LogP contribution in [0.4, 0.5) is 4.39 Å². The van der Waals surface area contributed by atoms with Crippen molar-refractivity contribution >= 4 is 11.8 Å². The normalized spacial score (nSPS) is 9.89. The molecule has 0 radical (unpaired) electrons. The van der Waals surface area contributed by atoms with Crippen molar-refractivity contribution in [2.75, 3.05) is 13.1 Å². The maximum Gasteiger partial charge on any atom is 0.239 e. The van der Waals surface area contributed by atoms with E-state index in [1.165, 1.54) is 6.07 Å². The Hall–Kier alpha value is -1.91. The number of hydrogen-bond donors (Lipinski definition) is 2. The molecule has 0 saturated carbocycles. The fourth-order valence-corrected chi connectivity index (χ4v) is 1.40. The molecule has 0 aromatic heterocycles. The fourth-order valence-electron chi connectivity index (χ4n) is 1.40. The van der Waals surface area contributed by atoms with E-state index in [1.54, 1.807) is 25.1 Å². The summed E-state index contributed by atoms with van der Waals surface area (Å²) in [5.74, 6) is -0.710. The topological polar surface area (TPSA) is 58.2 Å². The van der Waals surface area contributed by atoms with Crippen LogP contribution < -0.4 is 10.6 Å². The summed E-state index contributed by atoms with van der Waals surface area (Å²) in [6.07, 6.45) is 0.780. The van der Waals surface area contributed by atoms with Gasteiger partial charge >= 0.3 is 0 Å². The van der Waals surface area contributed by atoms with Gasteiger partial charge in [0.15, 0.2) is 0 Å². The summed E-state index contributed by atoms with van der Waals surface area (Å²) >= 11 is 0. The molecule has 0 unspecified atom stereocenters. The number of hydrogen-bond acceptors (Lipinski definition) is 2. The van der Waals surface area contributed by atoms with E-state index < -0.39 is 0 Å². The lowest BCUT2D eigenvalue weighted by molar-refractivity contribution is -0.125. The van der Waals surface area contributed by atoms with Gasteiger partial charge in [0, 0.05) is 13.0 Å². The Morgan fingerprint density at radius 2 is 1.89 bits per heavy atom. The first-order chi connectivity index (χ1) is 8.63. The zero-order valence-corrected chi connectivity index (χ0v) is 10.3. The van der Waals surface area contributed by atoms with Gasteiger partial charge in [0.2, 0.25) is 11.8 Å². The Balaban J connectivity index is 2.24. The van der Waals surface area contributed by atoms with Crippen LogP contribution >= 0.6 is 0 Å². The predicted octanol–water partition coefficient (Wildman–Crippen LogP) is 1.01. The largest absolute Gasteiger partial charge is 0.354 e. The summed E-state index contributed by atoms with van der Waals surface area (Å²) in [4.78, 5) is 22.2. The van der Waals surface area contributed by atoms with Gasteiger partial charge in [-0.25, -0.2) is 4.39 Å². The van der Waals surface area contributed by atoms with Crippen LogP contribution in [0, 0.1) is 5.82 Å². The van der Waals surface area contributed by atoms with E-state index in [1.807, 2.05) is 0 Å². The Morgan fingerprint density at radius 1 is 1.17 bits per heavy atom. The fraction of sp³-hybridized carbons (Fsp3) is 0.385. The van der Waals surface area contributed by atoms with Crippen LogP contribution in [-0.2, 0) is 16.0 Å². The van der Waals surface area contributed by atoms with Crippen LogP contribution in [0.5, 0.6) is 0 Å². The van der Waals surface area contributed by atoms with Gasteiger partial charge in [0.05, 0.1) is 6.54 Å². The number of benzene rings is 1. The van der Waals surface area contributed by atoms with Crippen LogP contribution in [-0.4, -0.2) is 24.9 Å². The minimum absolute atomic E-state index is 0.0378. The number of carbonyl (C=O) groups is 2. The molecule has 0 bridgehead atoms. The van der Waals surface area contributed by atoms with Gasteiger partial charge in [-0.2, -0.15) is 0 Å². The highest BCUT2D eigenvalue weighted by Gasteiger charge is 2.04. The Labute approximate surface area is 106 Å². The summed E-state index contributed by atoms with van der Waals surface area (Å²) in [5.41, 5.74) is 0.565. The van der Waals surface area contributed by atoms with Gasteiger partial charge < -0.3 is 10.6 Å². The molecule has 1 aromatic carbocycles. The first-order valence-corrected chi connectivity index (χ1v) is 5.90. The van der Waals surface area contributed by atoms with Gasteiger partial charge in [-0.1, -0.05) is 25.1 Å². The van der Waals surface area contributed by atoms with Crippen molar-refractivity contribution in [3.05, 3.63) is 35.6 Å². The number of nitrogens with one attached hydrogen (secondary N) is 2. The Kier molecular flexibility index (Phi) is 5.84. The van der Waals surface area contributed by atoms with Crippen LogP contribution in [0.1, 0.15) is 18.9 Å². The maximum atomic E-state index is 13.2. The van der Waals surface area contributed by atoms with Crippen molar-refractivity contribution in [2.45, 2.75) is 19.8 Å². The van der Waals surface area contributed by atoms with Gasteiger partial charge in [0.25, 0.3) is 0 Å². The second-order valence-electron chi connectivity index (χ2n) is 3.82. The Bertz CT molecular complexity index is 421. The number of rotatable bonds is 6. The lowest BCUT2D eigenvalue weighted by atomic mass is 10.1. The average Bonchev–Trinajstić information content (AvgIpc) is 2.38. The van der Waals surface area contributed by atoms with E-state index in [4.69, 9.17) is 0 Å². The molecule has 0 spiro atoms. The third-order valence-electron chi connectivity index (χ3n) is 2.44. The quantitative estimate of drug-likeness (QED) is 0.794. The molecular weight excluding hydrogens is 235 g/mol. The molecule has 0 fully saturated rings. The minimum Gasteiger partial charge on any atom is -0.354 e. The van der Waals surface area contributed by atoms with E-state index >= 15 is 0 Å². The van der Waals surface area contributed by atoms with Crippen LogP contribution in [0.2, 0.25) is 0 Å². The standard InChI is InChI=1S/C13H17FN2O2/c1-2-12(17)16-9-13(18)15-8-7-10-5-3-4-6-11(10)14/h3-6H,2,7-9H2,1H3,(H,15,18)(H,16,17). The van der Waals surface area contributed by atoms with Crippen LogP contribution in [0.15, 0.2) is 24.3 Å². The molecule has 0 saturated heterocycles. The monoisotopic (exact) mass is 252 g/mol. The Morgan fingerprint density at radius 3 is 2.56 bits per heavy atom. The molecule has 98 valence electrons. The molecule has 0 aliphatic carbocycles. The second kappa shape index (κ2) is 7.42. The molecule has 1 aromatic rings. The maximum absolute atomic E-state index is 13.2. The van der Waals surface area contributed by atoms with Crippen molar-refractivity contribution in [1.82, 2.24) is 10.6 Å². The zero-order valence-electron chi connectivity index (χ0n) is 10.3. The van der Waals surface area contributed by atoms with E-state index in [2.05, 4.69) is 10.6 Å². The molecule has 0 aliphatic heterocycles. The molecule has 2 amide bonds. The lowest BCUT2D eigenvalue weighted by Crippen LogP contribution is -2.37. The third kappa shape index (κ3) is 4.95. The van der Waals surface area contributed by atoms with Crippen molar-refractivity contribution in [2.24, 2.45) is 0 Å². The summed E-state index contributed by atoms with van der Waals surface area (Å²) in [5, 5.41) is 5.08. The SMILES string of the molecule is CCC(=O)NCC(=O)NCCc1ccccc1F. The molecule has 2 N–H and O–H groups in total. The molecule has 4 nitrogen and oxygen atoms in total. The highest BCUT2D eigenvalue weighted by molar-refractivity contribution is 5.84. The number of amides is 2. The second-order valence-corrected chi connectivity index (χ2v) is 3.82. The van der Waals surface area contributed by atoms with Crippen molar-refractivity contribution in [3.8, 4) is 0 Å². The van der Waals surface area contributed by atoms with Gasteiger partial charge in [0.1, 0.15) is 5.82 Å². The molecule has 0 atom stereocenters. The third-order valence-corrected chi connectivity index (χ3v) is 2.44. The van der Waals surface area contributed by atoms with E-state index in [0.717, 1.165) is 0 Å². The van der Waals surface area contributed by atoms with Gasteiger partial charge in [-0.15, -0.1) is 0 Å². The highest BCUT2D eigenvalue weighted by Crippen LogP contribution is 2.05. The van der Waals surface area contributed by atoms with Crippen molar-refractivity contribution in [3.63, 3.8) is 0 Å². The number of carbonyl (C=O) groups excluding carboxylic acids is 2. The smallest absolute Gasteiger partial charge is 0.239 e. The van der Waals surface area contributed by atoms with Crippen LogP contribution in [0.3, 0.4) is 0 Å². The molecule has 18 heavy (non-hydrogen) atoms. The summed E-state index contributed by atoms with van der Waals surface area (Å²) < 4.78 is 13.2. The molecule has 1 rings (SSSR count). The molecular formula is C13H17FN2O2. The minimum atomic E-state index is -0.272. The number of halogens is 1. The van der Waals surface area contributed by atoms with Gasteiger partial charge in [-0.05, 0) is 18.1 Å². The first-order valence-electron chi connectivity index (χ1n) is 5.90. The first kappa shape index (κ1) is 14.2. The predicted molar refractivity (Wildman–Crippen MR) is 66.4 cm³/mol. The molecule has 0 aliphatic rings. The van der Waals surface area contributed by atoms with Crippen LogP contribution in [0.25, 0.3) is 0 Å². The average molecular weight is 252 g/mol. The summed E-state index contributed by atoms with van der Waals surface area (Å²) in [6, 6.07) is 6.44. The van der Waals surface area contributed by atoms with Gasteiger partial charge in [-0.3, -0.25) is 9.59 Å². The zero-order chi connectivity index (χ0) is 13.4. The van der Waals surface area contributed by atoms with E-state index in [9.17, 15) is 14.0 Å². The molecule has 0 heterocycles.